The fourth-order valence-electron chi connectivity index (χ4n) is 2.13. The van der Waals surface area contributed by atoms with Gasteiger partial charge >= 0.3 is 0 Å². The van der Waals surface area contributed by atoms with Crippen molar-refractivity contribution < 1.29 is 14.3 Å². The van der Waals surface area contributed by atoms with Crippen LogP contribution in [0.1, 0.15) is 28.9 Å². The Morgan fingerprint density at radius 3 is 2.55 bits per heavy atom. The van der Waals surface area contributed by atoms with Crippen LogP contribution >= 0.6 is 11.6 Å². The molecule has 0 aliphatic heterocycles. The Morgan fingerprint density at radius 2 is 1.91 bits per heavy atom. The molecule has 1 unspecified atom stereocenters. The van der Waals surface area contributed by atoms with Crippen LogP contribution in [0.3, 0.4) is 0 Å². The van der Waals surface area contributed by atoms with Crippen LogP contribution < -0.4 is 14.8 Å². The Bertz CT molecular complexity index is 673. The lowest BCUT2D eigenvalue weighted by Crippen LogP contribution is -2.27. The van der Waals surface area contributed by atoms with E-state index >= 15 is 0 Å². The zero-order valence-electron chi connectivity index (χ0n) is 12.7. The summed E-state index contributed by atoms with van der Waals surface area (Å²) in [5.41, 5.74) is 1.36. The molecule has 0 radical (unpaired) electrons. The minimum atomic E-state index is -0.233. The first kappa shape index (κ1) is 16.2. The van der Waals surface area contributed by atoms with Gasteiger partial charge in [0.25, 0.3) is 5.91 Å². The van der Waals surface area contributed by atoms with Crippen LogP contribution in [0.4, 0.5) is 0 Å². The summed E-state index contributed by atoms with van der Waals surface area (Å²) in [6.45, 7) is 1.90. The minimum Gasteiger partial charge on any atom is -0.497 e. The van der Waals surface area contributed by atoms with E-state index in [2.05, 4.69) is 5.32 Å². The third kappa shape index (κ3) is 3.71. The second-order valence-corrected chi connectivity index (χ2v) is 5.25. The summed E-state index contributed by atoms with van der Waals surface area (Å²) in [4.78, 5) is 12.5. The number of methoxy groups -OCH3 is 2. The Kier molecular flexibility index (Phi) is 5.28. The lowest BCUT2D eigenvalue weighted by molar-refractivity contribution is 0.0936. The lowest BCUT2D eigenvalue weighted by atomic mass is 10.1. The standard InChI is InChI=1S/C17H18ClNO3/c1-11(12-5-4-6-13(18)9-12)19-17(20)15-10-14(21-2)7-8-16(15)22-3/h4-11H,1-3H3,(H,19,20). The van der Waals surface area contributed by atoms with Crippen LogP contribution in [0.2, 0.25) is 5.02 Å². The van der Waals surface area contributed by atoms with E-state index in [1.807, 2.05) is 25.1 Å². The van der Waals surface area contributed by atoms with Crippen LogP contribution in [-0.2, 0) is 0 Å². The van der Waals surface area contributed by atoms with Crippen molar-refractivity contribution in [1.29, 1.82) is 0 Å². The minimum absolute atomic E-state index is 0.179. The normalized spacial score (nSPS) is 11.6. The van der Waals surface area contributed by atoms with Crippen molar-refractivity contribution >= 4 is 17.5 Å². The van der Waals surface area contributed by atoms with E-state index in [0.29, 0.717) is 22.1 Å². The van der Waals surface area contributed by atoms with Gasteiger partial charge in [0.2, 0.25) is 0 Å². The summed E-state index contributed by atoms with van der Waals surface area (Å²) in [6, 6.07) is 12.3. The number of ether oxygens (including phenoxy) is 2. The molecule has 2 rings (SSSR count). The fourth-order valence-corrected chi connectivity index (χ4v) is 2.32. The maximum atomic E-state index is 12.5. The third-order valence-corrected chi connectivity index (χ3v) is 3.58. The van der Waals surface area contributed by atoms with Crippen molar-refractivity contribution in [3.63, 3.8) is 0 Å². The molecule has 0 heterocycles. The summed E-state index contributed by atoms with van der Waals surface area (Å²) < 4.78 is 10.4. The molecule has 0 aromatic heterocycles. The van der Waals surface area contributed by atoms with Crippen molar-refractivity contribution in [3.8, 4) is 11.5 Å². The zero-order chi connectivity index (χ0) is 16.1. The van der Waals surface area contributed by atoms with Gasteiger partial charge in [0, 0.05) is 5.02 Å². The van der Waals surface area contributed by atoms with Crippen molar-refractivity contribution in [1.82, 2.24) is 5.32 Å². The average Bonchev–Trinajstić information content (AvgIpc) is 2.54. The first-order valence-electron chi connectivity index (χ1n) is 6.83. The SMILES string of the molecule is COc1ccc(OC)c(C(=O)NC(C)c2cccc(Cl)c2)c1. The maximum Gasteiger partial charge on any atom is 0.255 e. The second kappa shape index (κ2) is 7.18. The molecule has 0 aliphatic rings. The van der Waals surface area contributed by atoms with Crippen molar-refractivity contribution in [2.24, 2.45) is 0 Å². The highest BCUT2D eigenvalue weighted by Crippen LogP contribution is 2.25. The Balaban J connectivity index is 2.21. The van der Waals surface area contributed by atoms with Crippen molar-refractivity contribution in [3.05, 3.63) is 58.6 Å². The van der Waals surface area contributed by atoms with E-state index in [-0.39, 0.29) is 11.9 Å². The maximum absolute atomic E-state index is 12.5. The van der Waals surface area contributed by atoms with Gasteiger partial charge in [-0.2, -0.15) is 0 Å². The monoisotopic (exact) mass is 319 g/mol. The van der Waals surface area contributed by atoms with Crippen LogP contribution in [0.25, 0.3) is 0 Å². The van der Waals surface area contributed by atoms with Gasteiger partial charge in [0.15, 0.2) is 0 Å². The molecule has 1 amide bonds. The molecule has 22 heavy (non-hydrogen) atoms. The highest BCUT2D eigenvalue weighted by molar-refractivity contribution is 6.30. The number of carbonyl (C=O) groups is 1. The van der Waals surface area contributed by atoms with E-state index in [4.69, 9.17) is 21.1 Å². The summed E-state index contributed by atoms with van der Waals surface area (Å²) in [6.07, 6.45) is 0. The van der Waals surface area contributed by atoms with Gasteiger partial charge in [-0.15, -0.1) is 0 Å². The quantitative estimate of drug-likeness (QED) is 0.910. The number of hydrogen-bond donors (Lipinski definition) is 1. The van der Waals surface area contributed by atoms with Crippen molar-refractivity contribution in [2.45, 2.75) is 13.0 Å². The van der Waals surface area contributed by atoms with Gasteiger partial charge in [-0.1, -0.05) is 23.7 Å². The van der Waals surface area contributed by atoms with Gasteiger partial charge in [-0.25, -0.2) is 0 Å². The molecular weight excluding hydrogens is 302 g/mol. The van der Waals surface area contributed by atoms with E-state index in [1.54, 1.807) is 31.4 Å². The molecule has 1 atom stereocenters. The summed E-state index contributed by atoms with van der Waals surface area (Å²) in [5, 5.41) is 3.57. The molecule has 0 spiro atoms. The number of benzene rings is 2. The summed E-state index contributed by atoms with van der Waals surface area (Å²) in [7, 11) is 3.08. The van der Waals surface area contributed by atoms with Gasteiger partial charge in [0.05, 0.1) is 25.8 Å². The van der Waals surface area contributed by atoms with Crippen LogP contribution in [-0.4, -0.2) is 20.1 Å². The van der Waals surface area contributed by atoms with E-state index < -0.39 is 0 Å². The molecule has 1 N–H and O–H groups in total. The predicted molar refractivity (Wildman–Crippen MR) is 86.9 cm³/mol. The highest BCUT2D eigenvalue weighted by atomic mass is 35.5. The van der Waals surface area contributed by atoms with Crippen LogP contribution in [0.5, 0.6) is 11.5 Å². The van der Waals surface area contributed by atoms with Gasteiger partial charge in [-0.05, 0) is 42.8 Å². The number of amides is 1. The molecule has 0 bridgehead atoms. The lowest BCUT2D eigenvalue weighted by Gasteiger charge is -2.16. The smallest absolute Gasteiger partial charge is 0.255 e. The number of carbonyl (C=O) groups excluding carboxylic acids is 1. The van der Waals surface area contributed by atoms with Crippen LogP contribution in [0, 0.1) is 0 Å². The Hall–Kier alpha value is -2.20. The van der Waals surface area contributed by atoms with Crippen molar-refractivity contribution in [2.75, 3.05) is 14.2 Å². The summed E-state index contributed by atoms with van der Waals surface area (Å²) in [5.74, 6) is 0.862. The molecular formula is C17H18ClNO3. The zero-order valence-corrected chi connectivity index (χ0v) is 13.5. The largest absolute Gasteiger partial charge is 0.497 e. The molecule has 2 aromatic rings. The molecule has 116 valence electrons. The first-order chi connectivity index (χ1) is 10.5. The van der Waals surface area contributed by atoms with Gasteiger partial charge < -0.3 is 14.8 Å². The highest BCUT2D eigenvalue weighted by Gasteiger charge is 2.16. The Labute approximate surface area is 135 Å². The van der Waals surface area contributed by atoms with E-state index in [1.165, 1.54) is 7.11 Å². The molecule has 0 fully saturated rings. The topological polar surface area (TPSA) is 47.6 Å². The molecule has 0 saturated carbocycles. The number of hydrogen-bond acceptors (Lipinski definition) is 3. The molecule has 4 nitrogen and oxygen atoms in total. The van der Waals surface area contributed by atoms with E-state index in [0.717, 1.165) is 5.56 Å². The Morgan fingerprint density at radius 1 is 1.14 bits per heavy atom. The number of nitrogens with one attached hydrogen (secondary N) is 1. The molecule has 2 aromatic carbocycles. The average molecular weight is 320 g/mol. The second-order valence-electron chi connectivity index (χ2n) is 4.82. The molecule has 0 saturated heterocycles. The summed E-state index contributed by atoms with van der Waals surface area (Å²) >= 11 is 5.98. The molecule has 5 heteroatoms. The van der Waals surface area contributed by atoms with Crippen LogP contribution in [0.15, 0.2) is 42.5 Å². The third-order valence-electron chi connectivity index (χ3n) is 3.35. The number of rotatable bonds is 5. The fraction of sp³-hybridized carbons (Fsp3) is 0.235. The predicted octanol–water partition coefficient (Wildman–Crippen LogP) is 3.85. The first-order valence-corrected chi connectivity index (χ1v) is 7.21. The van der Waals surface area contributed by atoms with Gasteiger partial charge in [0.1, 0.15) is 11.5 Å². The molecule has 0 aliphatic carbocycles. The van der Waals surface area contributed by atoms with Gasteiger partial charge in [-0.3, -0.25) is 4.79 Å². The van der Waals surface area contributed by atoms with E-state index in [9.17, 15) is 4.79 Å². The number of halogens is 1.